The number of aromatic nitrogens is 3. The van der Waals surface area contributed by atoms with Gasteiger partial charge in [-0.3, -0.25) is 9.59 Å². The highest BCUT2D eigenvalue weighted by molar-refractivity contribution is 7.99. The molecule has 0 aliphatic heterocycles. The Balaban J connectivity index is 1.64. The van der Waals surface area contributed by atoms with Crippen LogP contribution in [0.3, 0.4) is 0 Å². The van der Waals surface area contributed by atoms with Gasteiger partial charge >= 0.3 is 0 Å². The molecule has 0 spiro atoms. The van der Waals surface area contributed by atoms with Crippen LogP contribution in [0.2, 0.25) is 0 Å². The van der Waals surface area contributed by atoms with Gasteiger partial charge in [0.2, 0.25) is 11.8 Å². The number of hydrogen-bond donors (Lipinski definition) is 2. The van der Waals surface area contributed by atoms with Crippen LogP contribution >= 0.6 is 11.8 Å². The molecule has 0 aliphatic carbocycles. The predicted octanol–water partition coefficient (Wildman–Crippen LogP) is 4.30. The lowest BCUT2D eigenvalue weighted by Crippen LogP contribution is -2.18. The van der Waals surface area contributed by atoms with Crippen LogP contribution in [0.4, 0.5) is 11.4 Å². The van der Waals surface area contributed by atoms with Crippen LogP contribution in [0.25, 0.3) is 0 Å². The number of allylic oxidation sites excluding steroid dienone is 1. The van der Waals surface area contributed by atoms with E-state index in [2.05, 4.69) is 27.4 Å². The van der Waals surface area contributed by atoms with Crippen molar-refractivity contribution in [3.63, 3.8) is 0 Å². The van der Waals surface area contributed by atoms with E-state index in [-0.39, 0.29) is 24.0 Å². The summed E-state index contributed by atoms with van der Waals surface area (Å²) in [5.41, 5.74) is 4.72. The second-order valence-corrected chi connectivity index (χ2v) is 8.36. The van der Waals surface area contributed by atoms with Crippen molar-refractivity contribution in [1.82, 2.24) is 14.8 Å². The van der Waals surface area contributed by atoms with Crippen LogP contribution in [0.1, 0.15) is 22.5 Å². The minimum Gasteiger partial charge on any atom is -0.325 e. The van der Waals surface area contributed by atoms with E-state index in [1.165, 1.54) is 11.8 Å². The summed E-state index contributed by atoms with van der Waals surface area (Å²) in [6.07, 6.45) is 1.79. The molecular weight excluding hydrogens is 422 g/mol. The summed E-state index contributed by atoms with van der Waals surface area (Å²) in [6.45, 7) is 10.2. The highest BCUT2D eigenvalue weighted by Gasteiger charge is 2.17. The average molecular weight is 450 g/mol. The molecule has 8 heteroatoms. The Hall–Kier alpha value is -3.39. The third-order valence-corrected chi connectivity index (χ3v) is 6.02. The Morgan fingerprint density at radius 1 is 0.969 bits per heavy atom. The zero-order valence-corrected chi connectivity index (χ0v) is 19.3. The van der Waals surface area contributed by atoms with Crippen molar-refractivity contribution >= 4 is 35.0 Å². The van der Waals surface area contributed by atoms with Crippen molar-refractivity contribution < 1.29 is 9.59 Å². The number of rotatable bonds is 9. The van der Waals surface area contributed by atoms with Gasteiger partial charge in [-0.1, -0.05) is 48.2 Å². The molecule has 2 amide bonds. The van der Waals surface area contributed by atoms with Crippen molar-refractivity contribution in [3.8, 4) is 0 Å². The quantitative estimate of drug-likeness (QED) is 0.376. The number of thioether (sulfide) groups is 1. The molecule has 0 bridgehead atoms. The van der Waals surface area contributed by atoms with Crippen LogP contribution < -0.4 is 10.6 Å². The number of benzene rings is 2. The van der Waals surface area contributed by atoms with Gasteiger partial charge in [-0.15, -0.1) is 16.8 Å². The summed E-state index contributed by atoms with van der Waals surface area (Å²) in [5, 5.41) is 14.8. The van der Waals surface area contributed by atoms with E-state index in [9.17, 15) is 9.59 Å². The first-order valence-electron chi connectivity index (χ1n) is 10.3. The summed E-state index contributed by atoms with van der Waals surface area (Å²) < 4.78 is 1.81. The normalized spacial score (nSPS) is 10.6. The lowest BCUT2D eigenvalue weighted by Gasteiger charge is -2.11. The second-order valence-electron chi connectivity index (χ2n) is 7.42. The van der Waals surface area contributed by atoms with Gasteiger partial charge in [0.25, 0.3) is 0 Å². The number of hydrogen-bond acceptors (Lipinski definition) is 5. The second kappa shape index (κ2) is 10.8. The fraction of sp³-hybridized carbons (Fsp3) is 0.250. The summed E-state index contributed by atoms with van der Waals surface area (Å²) >= 11 is 1.28. The summed E-state index contributed by atoms with van der Waals surface area (Å²) in [7, 11) is 0. The van der Waals surface area contributed by atoms with Gasteiger partial charge in [0, 0.05) is 17.9 Å². The number of carbonyl (C=O) groups excluding carboxylic acids is 2. The first kappa shape index (κ1) is 23.3. The molecule has 0 radical (unpaired) electrons. The van der Waals surface area contributed by atoms with E-state index in [0.717, 1.165) is 28.1 Å². The van der Waals surface area contributed by atoms with Gasteiger partial charge in [0.05, 0.1) is 12.2 Å². The molecule has 2 aromatic carbocycles. The standard InChI is InChI=1S/C24H27N5O2S/c1-5-13-29-21(14-22(30)25-19-11-7-6-9-17(19)3)27-28-24(29)32-15-23(31)26-20-12-8-10-16(2)18(20)4/h5-12H,1,13-15H2,2-4H3,(H,25,30)(H,26,31). The first-order valence-corrected chi connectivity index (χ1v) is 11.2. The Kier molecular flexibility index (Phi) is 7.83. The number of carbonyl (C=O) groups is 2. The zero-order chi connectivity index (χ0) is 23.1. The van der Waals surface area contributed by atoms with Crippen molar-refractivity contribution in [1.29, 1.82) is 0 Å². The summed E-state index contributed by atoms with van der Waals surface area (Å²) in [6, 6.07) is 13.4. The van der Waals surface area contributed by atoms with E-state index in [4.69, 9.17) is 0 Å². The number of amides is 2. The van der Waals surface area contributed by atoms with Crippen LogP contribution in [-0.2, 0) is 22.6 Å². The largest absolute Gasteiger partial charge is 0.325 e. The highest BCUT2D eigenvalue weighted by Crippen LogP contribution is 2.21. The molecule has 7 nitrogen and oxygen atoms in total. The smallest absolute Gasteiger partial charge is 0.234 e. The number of para-hydroxylation sites is 1. The summed E-state index contributed by atoms with van der Waals surface area (Å²) in [5.74, 6) is 0.392. The number of anilines is 2. The van der Waals surface area contributed by atoms with Gasteiger partial charge in [0.15, 0.2) is 5.16 Å². The first-order chi connectivity index (χ1) is 15.4. The monoisotopic (exact) mass is 449 g/mol. The maximum absolute atomic E-state index is 12.5. The van der Waals surface area contributed by atoms with E-state index in [1.54, 1.807) is 10.6 Å². The van der Waals surface area contributed by atoms with E-state index < -0.39 is 0 Å². The molecule has 0 unspecified atom stereocenters. The Bertz CT molecular complexity index is 1140. The Morgan fingerprint density at radius 2 is 1.66 bits per heavy atom. The fourth-order valence-electron chi connectivity index (χ4n) is 3.12. The van der Waals surface area contributed by atoms with Gasteiger partial charge in [-0.25, -0.2) is 0 Å². The Morgan fingerprint density at radius 3 is 2.41 bits per heavy atom. The highest BCUT2D eigenvalue weighted by atomic mass is 32.2. The molecule has 0 atom stereocenters. The Labute approximate surface area is 192 Å². The molecule has 0 saturated carbocycles. The molecule has 0 fully saturated rings. The topological polar surface area (TPSA) is 88.9 Å². The third kappa shape index (κ3) is 5.85. The van der Waals surface area contributed by atoms with Crippen molar-refractivity contribution in [2.24, 2.45) is 0 Å². The van der Waals surface area contributed by atoms with E-state index in [1.807, 2.05) is 63.2 Å². The summed E-state index contributed by atoms with van der Waals surface area (Å²) in [4.78, 5) is 25.0. The van der Waals surface area contributed by atoms with Crippen LogP contribution in [0, 0.1) is 20.8 Å². The number of aryl methyl sites for hydroxylation is 2. The molecule has 0 aliphatic rings. The van der Waals surface area contributed by atoms with Gasteiger partial charge in [0.1, 0.15) is 5.82 Å². The van der Waals surface area contributed by atoms with E-state index >= 15 is 0 Å². The number of nitrogens with zero attached hydrogens (tertiary/aromatic N) is 3. The van der Waals surface area contributed by atoms with Gasteiger partial charge in [-0.2, -0.15) is 0 Å². The lowest BCUT2D eigenvalue weighted by molar-refractivity contribution is -0.116. The van der Waals surface area contributed by atoms with Crippen LogP contribution in [0.15, 0.2) is 60.3 Å². The van der Waals surface area contributed by atoms with Crippen molar-refractivity contribution in [3.05, 3.63) is 77.6 Å². The third-order valence-electron chi connectivity index (χ3n) is 5.05. The molecule has 3 aromatic rings. The molecule has 3 rings (SSSR count). The lowest BCUT2D eigenvalue weighted by atomic mass is 10.1. The average Bonchev–Trinajstić information content (AvgIpc) is 3.13. The molecule has 1 aromatic heterocycles. The SMILES string of the molecule is C=CCn1c(CC(=O)Nc2ccccc2C)nnc1SCC(=O)Nc1cccc(C)c1C. The van der Waals surface area contributed by atoms with Crippen molar-refractivity contribution in [2.75, 3.05) is 16.4 Å². The number of nitrogens with one attached hydrogen (secondary N) is 2. The van der Waals surface area contributed by atoms with E-state index in [0.29, 0.717) is 17.5 Å². The maximum atomic E-state index is 12.5. The molecule has 166 valence electrons. The fourth-order valence-corrected chi connectivity index (χ4v) is 3.89. The van der Waals surface area contributed by atoms with Crippen LogP contribution in [0.5, 0.6) is 0 Å². The molecule has 2 N–H and O–H groups in total. The minimum absolute atomic E-state index is 0.0738. The predicted molar refractivity (Wildman–Crippen MR) is 129 cm³/mol. The molecule has 1 heterocycles. The maximum Gasteiger partial charge on any atom is 0.234 e. The minimum atomic E-state index is -0.179. The molecule has 32 heavy (non-hydrogen) atoms. The zero-order valence-electron chi connectivity index (χ0n) is 18.5. The van der Waals surface area contributed by atoms with Gasteiger partial charge in [-0.05, 0) is 49.6 Å². The molecule has 0 saturated heterocycles. The van der Waals surface area contributed by atoms with Crippen molar-refractivity contribution in [2.45, 2.75) is 38.9 Å². The van der Waals surface area contributed by atoms with Gasteiger partial charge < -0.3 is 15.2 Å². The van der Waals surface area contributed by atoms with Crippen LogP contribution in [-0.4, -0.2) is 32.3 Å². The molecular formula is C24H27N5O2S.